The van der Waals surface area contributed by atoms with Gasteiger partial charge in [-0.25, -0.2) is 4.98 Å². The topological polar surface area (TPSA) is 67.2 Å². The third kappa shape index (κ3) is 5.12. The Morgan fingerprint density at radius 1 is 1.28 bits per heavy atom. The number of fused-ring (bicyclic) bond motifs is 1. The second-order valence-corrected chi connectivity index (χ2v) is 9.39. The van der Waals surface area contributed by atoms with Gasteiger partial charge in [0.15, 0.2) is 0 Å². The van der Waals surface area contributed by atoms with E-state index in [1.165, 1.54) is 15.8 Å². The molecule has 0 atom stereocenters. The Balaban J connectivity index is 1.27. The normalized spacial score (nSPS) is 15.6. The first kappa shape index (κ1) is 20.3. The number of likely N-dealkylation sites (tertiary alicyclic amines) is 1. The van der Waals surface area contributed by atoms with Crippen molar-refractivity contribution in [3.63, 3.8) is 0 Å². The molecule has 2 aromatic heterocycles. The number of carbonyl (C=O) groups excluding carboxylic acids is 1. The van der Waals surface area contributed by atoms with E-state index in [2.05, 4.69) is 48.6 Å². The van der Waals surface area contributed by atoms with Gasteiger partial charge in [0, 0.05) is 22.4 Å². The fourth-order valence-corrected chi connectivity index (χ4v) is 4.79. The number of aromatic nitrogens is 2. The lowest BCUT2D eigenvalue weighted by molar-refractivity contribution is -0.122. The smallest absolute Gasteiger partial charge is 0.261 e. The molecular formula is C21H23BrN4O2S. The van der Waals surface area contributed by atoms with Crippen molar-refractivity contribution in [1.29, 1.82) is 0 Å². The van der Waals surface area contributed by atoms with Gasteiger partial charge in [0.1, 0.15) is 6.54 Å². The lowest BCUT2D eigenvalue weighted by atomic mass is 9.97. The van der Waals surface area contributed by atoms with Gasteiger partial charge in [-0.3, -0.25) is 19.1 Å². The second kappa shape index (κ2) is 9.19. The zero-order valence-corrected chi connectivity index (χ0v) is 18.4. The monoisotopic (exact) mass is 474 g/mol. The maximum atomic E-state index is 12.6. The van der Waals surface area contributed by atoms with E-state index in [1.807, 2.05) is 6.07 Å². The van der Waals surface area contributed by atoms with Gasteiger partial charge in [-0.15, -0.1) is 11.3 Å². The van der Waals surface area contributed by atoms with Crippen molar-refractivity contribution in [2.75, 3.05) is 19.6 Å². The third-order valence-corrected chi connectivity index (χ3v) is 6.71. The van der Waals surface area contributed by atoms with Crippen molar-refractivity contribution in [1.82, 2.24) is 19.8 Å². The molecule has 152 valence electrons. The Labute approximate surface area is 181 Å². The third-order valence-electron chi connectivity index (χ3n) is 5.35. The van der Waals surface area contributed by atoms with Crippen LogP contribution in [0.4, 0.5) is 0 Å². The average molecular weight is 475 g/mol. The van der Waals surface area contributed by atoms with E-state index in [0.29, 0.717) is 23.4 Å². The highest BCUT2D eigenvalue weighted by atomic mass is 79.9. The highest BCUT2D eigenvalue weighted by Gasteiger charge is 2.20. The quantitative estimate of drug-likeness (QED) is 0.595. The van der Waals surface area contributed by atoms with Crippen LogP contribution in [0.15, 0.2) is 51.3 Å². The summed E-state index contributed by atoms with van der Waals surface area (Å²) in [7, 11) is 0. The highest BCUT2D eigenvalue weighted by molar-refractivity contribution is 9.10. The number of hydrogen-bond acceptors (Lipinski definition) is 5. The van der Waals surface area contributed by atoms with Gasteiger partial charge >= 0.3 is 0 Å². The number of benzene rings is 1. The molecule has 4 rings (SSSR count). The molecule has 0 unspecified atom stereocenters. The average Bonchev–Trinajstić information content (AvgIpc) is 3.23. The Kier molecular flexibility index (Phi) is 6.42. The first-order valence-corrected chi connectivity index (χ1v) is 11.4. The van der Waals surface area contributed by atoms with Crippen LogP contribution >= 0.6 is 27.3 Å². The molecule has 0 spiro atoms. The van der Waals surface area contributed by atoms with Crippen LogP contribution in [0.25, 0.3) is 10.9 Å². The number of carbonyl (C=O) groups is 1. The predicted octanol–water partition coefficient (Wildman–Crippen LogP) is 3.25. The number of piperidine rings is 1. The van der Waals surface area contributed by atoms with E-state index < -0.39 is 0 Å². The van der Waals surface area contributed by atoms with Crippen molar-refractivity contribution < 1.29 is 4.79 Å². The van der Waals surface area contributed by atoms with Crippen LogP contribution in [-0.4, -0.2) is 40.0 Å². The second-order valence-electron chi connectivity index (χ2n) is 7.44. The Morgan fingerprint density at radius 3 is 2.86 bits per heavy atom. The van der Waals surface area contributed by atoms with Crippen LogP contribution in [0, 0.1) is 5.92 Å². The number of amides is 1. The van der Waals surface area contributed by atoms with Gasteiger partial charge in [0.25, 0.3) is 5.56 Å². The van der Waals surface area contributed by atoms with Crippen LogP contribution in [0.5, 0.6) is 0 Å². The Hall–Kier alpha value is -2.03. The van der Waals surface area contributed by atoms with Gasteiger partial charge < -0.3 is 5.32 Å². The Bertz CT molecular complexity index is 1040. The zero-order valence-electron chi connectivity index (χ0n) is 16.0. The number of thiophene rings is 1. The molecule has 1 fully saturated rings. The summed E-state index contributed by atoms with van der Waals surface area (Å²) < 4.78 is 2.19. The summed E-state index contributed by atoms with van der Waals surface area (Å²) in [6.45, 7) is 3.78. The van der Waals surface area contributed by atoms with Gasteiger partial charge in [-0.2, -0.15) is 0 Å². The van der Waals surface area contributed by atoms with E-state index >= 15 is 0 Å². The van der Waals surface area contributed by atoms with E-state index in [1.54, 1.807) is 23.5 Å². The van der Waals surface area contributed by atoms with Crippen molar-refractivity contribution in [2.45, 2.75) is 25.9 Å². The number of nitrogens with one attached hydrogen (secondary N) is 1. The maximum absolute atomic E-state index is 12.6. The van der Waals surface area contributed by atoms with Crippen LogP contribution in [0.2, 0.25) is 0 Å². The number of hydrogen-bond donors (Lipinski definition) is 1. The number of nitrogens with zero attached hydrogens (tertiary/aromatic N) is 3. The lowest BCUT2D eigenvalue weighted by Crippen LogP contribution is -2.39. The van der Waals surface area contributed by atoms with E-state index in [9.17, 15) is 9.59 Å². The fraction of sp³-hybridized carbons (Fsp3) is 0.381. The van der Waals surface area contributed by atoms with E-state index in [0.717, 1.165) is 36.9 Å². The minimum Gasteiger partial charge on any atom is -0.354 e. The van der Waals surface area contributed by atoms with Crippen LogP contribution in [-0.2, 0) is 17.9 Å². The fourth-order valence-electron chi connectivity index (χ4n) is 3.68. The standard InChI is InChI=1S/C21H23BrN4O2S/c22-16-3-4-19-18(10-16)21(28)26(14-24-19)13-20(27)23-11-15-5-7-25(8-6-15)12-17-2-1-9-29-17/h1-4,9-10,14-15H,5-8,11-13H2,(H,23,27). The SMILES string of the molecule is O=C(Cn1cnc2ccc(Br)cc2c1=O)NCC1CCN(Cc2cccs2)CC1. The molecule has 0 bridgehead atoms. The molecule has 1 amide bonds. The van der Waals surface area contributed by atoms with E-state index in [4.69, 9.17) is 0 Å². The Morgan fingerprint density at radius 2 is 2.10 bits per heavy atom. The summed E-state index contributed by atoms with van der Waals surface area (Å²) in [5.74, 6) is 0.338. The number of halogens is 1. The summed E-state index contributed by atoms with van der Waals surface area (Å²) in [5, 5.41) is 5.62. The molecular weight excluding hydrogens is 452 g/mol. The first-order valence-electron chi connectivity index (χ1n) is 9.74. The molecule has 1 aromatic carbocycles. The maximum Gasteiger partial charge on any atom is 0.261 e. The largest absolute Gasteiger partial charge is 0.354 e. The molecule has 0 radical (unpaired) electrons. The molecule has 29 heavy (non-hydrogen) atoms. The molecule has 1 aliphatic rings. The van der Waals surface area contributed by atoms with Crippen molar-refractivity contribution >= 4 is 44.1 Å². The van der Waals surface area contributed by atoms with Crippen molar-refractivity contribution in [3.05, 3.63) is 61.7 Å². The van der Waals surface area contributed by atoms with Crippen LogP contribution < -0.4 is 10.9 Å². The molecule has 0 aliphatic carbocycles. The van der Waals surface area contributed by atoms with E-state index in [-0.39, 0.29) is 18.0 Å². The number of rotatable bonds is 6. The summed E-state index contributed by atoms with van der Waals surface area (Å²) >= 11 is 5.17. The van der Waals surface area contributed by atoms with Gasteiger partial charge in [-0.05, 0) is 61.5 Å². The minimum atomic E-state index is -0.201. The van der Waals surface area contributed by atoms with Crippen LogP contribution in [0.3, 0.4) is 0 Å². The summed E-state index contributed by atoms with van der Waals surface area (Å²) in [4.78, 5) is 33.1. The molecule has 1 N–H and O–H groups in total. The molecule has 6 nitrogen and oxygen atoms in total. The zero-order chi connectivity index (χ0) is 20.2. The van der Waals surface area contributed by atoms with Gasteiger partial charge in [0.2, 0.25) is 5.91 Å². The molecule has 1 aliphatic heterocycles. The lowest BCUT2D eigenvalue weighted by Gasteiger charge is -2.31. The van der Waals surface area contributed by atoms with Gasteiger partial charge in [0.05, 0.1) is 17.2 Å². The summed E-state index contributed by atoms with van der Waals surface area (Å²) in [6.07, 6.45) is 3.61. The molecule has 3 aromatic rings. The minimum absolute atomic E-state index is 0.00842. The molecule has 0 saturated carbocycles. The molecule has 8 heteroatoms. The molecule has 1 saturated heterocycles. The predicted molar refractivity (Wildman–Crippen MR) is 119 cm³/mol. The summed E-state index contributed by atoms with van der Waals surface area (Å²) in [5.41, 5.74) is 0.428. The van der Waals surface area contributed by atoms with Crippen LogP contribution in [0.1, 0.15) is 17.7 Å². The molecule has 3 heterocycles. The first-order chi connectivity index (χ1) is 14.1. The van der Waals surface area contributed by atoms with Crippen molar-refractivity contribution in [3.8, 4) is 0 Å². The summed E-state index contributed by atoms with van der Waals surface area (Å²) in [6, 6.07) is 9.65. The van der Waals surface area contributed by atoms with Gasteiger partial charge in [-0.1, -0.05) is 22.0 Å². The van der Waals surface area contributed by atoms with Crippen molar-refractivity contribution in [2.24, 2.45) is 5.92 Å². The highest BCUT2D eigenvalue weighted by Crippen LogP contribution is 2.20.